The van der Waals surface area contributed by atoms with Crippen LogP contribution in [0.1, 0.15) is 21.8 Å². The van der Waals surface area contributed by atoms with Gasteiger partial charge >= 0.3 is 0 Å². The lowest BCUT2D eigenvalue weighted by molar-refractivity contribution is 0.0950. The summed E-state index contributed by atoms with van der Waals surface area (Å²) >= 11 is 3.37. The summed E-state index contributed by atoms with van der Waals surface area (Å²) in [6.07, 6.45) is 0. The highest BCUT2D eigenvalue weighted by Crippen LogP contribution is 2.32. The van der Waals surface area contributed by atoms with Crippen LogP contribution in [-0.4, -0.2) is 19.1 Å². The van der Waals surface area contributed by atoms with Crippen LogP contribution in [0, 0.1) is 0 Å². The molecule has 20 heavy (non-hydrogen) atoms. The molecule has 1 unspecified atom stereocenters. The number of halogens is 1. The summed E-state index contributed by atoms with van der Waals surface area (Å²) in [6.45, 7) is 1.21. The van der Waals surface area contributed by atoms with E-state index in [9.17, 15) is 4.79 Å². The number of fused-ring (bicyclic) bond motifs is 1. The van der Waals surface area contributed by atoms with E-state index in [1.54, 1.807) is 6.07 Å². The van der Waals surface area contributed by atoms with Gasteiger partial charge in [0.25, 0.3) is 5.91 Å². The highest BCUT2D eigenvalue weighted by molar-refractivity contribution is 9.10. The van der Waals surface area contributed by atoms with Crippen LogP contribution < -0.4 is 10.1 Å². The molecule has 1 heterocycles. The van der Waals surface area contributed by atoms with E-state index in [0.717, 1.165) is 10.2 Å². The number of amides is 1. The molecule has 4 heteroatoms. The molecule has 3 rings (SSSR count). The van der Waals surface area contributed by atoms with Crippen LogP contribution >= 0.6 is 15.9 Å². The third kappa shape index (κ3) is 2.70. The third-order valence-electron chi connectivity index (χ3n) is 3.39. The van der Waals surface area contributed by atoms with Gasteiger partial charge in [-0.1, -0.05) is 40.2 Å². The molecule has 1 atom stereocenters. The van der Waals surface area contributed by atoms with Gasteiger partial charge in [0, 0.05) is 28.1 Å². The van der Waals surface area contributed by atoms with E-state index in [1.165, 1.54) is 5.56 Å². The molecule has 0 bridgehead atoms. The van der Waals surface area contributed by atoms with E-state index in [0.29, 0.717) is 18.7 Å². The highest BCUT2D eigenvalue weighted by Gasteiger charge is 2.23. The van der Waals surface area contributed by atoms with Crippen molar-refractivity contribution in [2.45, 2.75) is 5.92 Å². The van der Waals surface area contributed by atoms with Crippen LogP contribution in [0.15, 0.2) is 53.0 Å². The normalized spacial score (nSPS) is 16.4. The number of hydrogen-bond acceptors (Lipinski definition) is 2. The molecule has 2 aromatic carbocycles. The summed E-state index contributed by atoms with van der Waals surface area (Å²) in [5, 5.41) is 2.97. The van der Waals surface area contributed by atoms with Crippen molar-refractivity contribution in [3.8, 4) is 5.75 Å². The lowest BCUT2D eigenvalue weighted by Crippen LogP contribution is -2.28. The fourth-order valence-corrected chi connectivity index (χ4v) is 2.75. The molecule has 0 radical (unpaired) electrons. The van der Waals surface area contributed by atoms with Crippen molar-refractivity contribution in [2.75, 3.05) is 13.2 Å². The summed E-state index contributed by atoms with van der Waals surface area (Å²) in [6, 6.07) is 15.3. The summed E-state index contributed by atoms with van der Waals surface area (Å²) in [5.74, 6) is 1.09. The van der Waals surface area contributed by atoms with E-state index in [4.69, 9.17) is 4.74 Å². The topological polar surface area (TPSA) is 38.3 Å². The third-order valence-corrected chi connectivity index (χ3v) is 3.89. The van der Waals surface area contributed by atoms with E-state index >= 15 is 0 Å². The summed E-state index contributed by atoms with van der Waals surface area (Å²) < 4.78 is 6.51. The van der Waals surface area contributed by atoms with Crippen molar-refractivity contribution >= 4 is 21.8 Å². The van der Waals surface area contributed by atoms with Crippen molar-refractivity contribution < 1.29 is 9.53 Å². The number of para-hydroxylation sites is 1. The quantitative estimate of drug-likeness (QED) is 0.936. The Kier molecular flexibility index (Phi) is 3.74. The van der Waals surface area contributed by atoms with Gasteiger partial charge in [0.15, 0.2) is 0 Å². The number of carbonyl (C=O) groups is 1. The van der Waals surface area contributed by atoms with Crippen molar-refractivity contribution in [3.05, 3.63) is 64.1 Å². The molecule has 1 aliphatic rings. The molecule has 102 valence electrons. The summed E-state index contributed by atoms with van der Waals surface area (Å²) in [7, 11) is 0. The minimum absolute atomic E-state index is 0.0596. The number of carbonyl (C=O) groups excluding carboxylic acids is 1. The predicted octanol–water partition coefficient (Wildman–Crippen LogP) is 3.36. The Morgan fingerprint density at radius 3 is 2.95 bits per heavy atom. The first kappa shape index (κ1) is 13.2. The zero-order chi connectivity index (χ0) is 13.9. The van der Waals surface area contributed by atoms with Crippen LogP contribution in [0.25, 0.3) is 0 Å². The molecular weight excluding hydrogens is 318 g/mol. The Labute approximate surface area is 126 Å². The van der Waals surface area contributed by atoms with Crippen LogP contribution in [-0.2, 0) is 0 Å². The Bertz CT molecular complexity index is 642. The summed E-state index contributed by atoms with van der Waals surface area (Å²) in [4.78, 5) is 12.1. The molecule has 0 fully saturated rings. The molecule has 0 aliphatic carbocycles. The Hall–Kier alpha value is -1.81. The van der Waals surface area contributed by atoms with Crippen LogP contribution in [0.4, 0.5) is 0 Å². The van der Waals surface area contributed by atoms with Gasteiger partial charge in [0.05, 0.1) is 6.61 Å². The van der Waals surface area contributed by atoms with Crippen LogP contribution in [0.5, 0.6) is 5.75 Å². The zero-order valence-electron chi connectivity index (χ0n) is 10.8. The Balaban J connectivity index is 1.65. The fourth-order valence-electron chi connectivity index (χ4n) is 2.35. The lowest BCUT2D eigenvalue weighted by Gasteiger charge is -2.10. The molecule has 3 nitrogen and oxygen atoms in total. The average molecular weight is 332 g/mol. The van der Waals surface area contributed by atoms with Gasteiger partial charge in [0.1, 0.15) is 5.75 Å². The number of benzene rings is 2. The fraction of sp³-hybridized carbons (Fsp3) is 0.188. The van der Waals surface area contributed by atoms with Gasteiger partial charge in [-0.15, -0.1) is 0 Å². The Morgan fingerprint density at radius 1 is 1.25 bits per heavy atom. The van der Waals surface area contributed by atoms with Gasteiger partial charge < -0.3 is 10.1 Å². The second kappa shape index (κ2) is 5.67. The van der Waals surface area contributed by atoms with Gasteiger partial charge in [-0.2, -0.15) is 0 Å². The molecule has 0 saturated carbocycles. The first-order chi connectivity index (χ1) is 9.74. The average Bonchev–Trinajstić information content (AvgIpc) is 2.88. The van der Waals surface area contributed by atoms with Crippen molar-refractivity contribution in [3.63, 3.8) is 0 Å². The Morgan fingerprint density at radius 2 is 2.10 bits per heavy atom. The number of hydrogen-bond donors (Lipinski definition) is 1. The largest absolute Gasteiger partial charge is 0.493 e. The van der Waals surface area contributed by atoms with Gasteiger partial charge in [-0.3, -0.25) is 4.79 Å². The second-order valence-electron chi connectivity index (χ2n) is 4.77. The van der Waals surface area contributed by atoms with Gasteiger partial charge in [-0.05, 0) is 24.3 Å². The van der Waals surface area contributed by atoms with Crippen molar-refractivity contribution in [2.24, 2.45) is 0 Å². The maximum atomic E-state index is 12.1. The monoisotopic (exact) mass is 331 g/mol. The first-order valence-corrected chi connectivity index (χ1v) is 7.29. The second-order valence-corrected chi connectivity index (χ2v) is 5.68. The van der Waals surface area contributed by atoms with E-state index in [-0.39, 0.29) is 11.8 Å². The minimum Gasteiger partial charge on any atom is -0.493 e. The summed E-state index contributed by atoms with van der Waals surface area (Å²) in [5.41, 5.74) is 1.83. The standard InChI is InChI=1S/C16H14BrNO2/c17-13-5-3-4-11(8-13)16(19)18-9-12-10-20-15-7-2-1-6-14(12)15/h1-8,12H,9-10H2,(H,18,19). The molecule has 1 aliphatic heterocycles. The number of rotatable bonds is 3. The van der Waals surface area contributed by atoms with E-state index in [1.807, 2.05) is 36.4 Å². The lowest BCUT2D eigenvalue weighted by atomic mass is 10.0. The van der Waals surface area contributed by atoms with E-state index in [2.05, 4.69) is 27.3 Å². The molecular formula is C16H14BrNO2. The SMILES string of the molecule is O=C(NCC1COc2ccccc21)c1cccc(Br)c1. The molecule has 0 saturated heterocycles. The van der Waals surface area contributed by atoms with Crippen LogP contribution in [0.3, 0.4) is 0 Å². The molecule has 0 spiro atoms. The van der Waals surface area contributed by atoms with E-state index < -0.39 is 0 Å². The number of ether oxygens (including phenoxy) is 1. The number of nitrogens with one attached hydrogen (secondary N) is 1. The highest BCUT2D eigenvalue weighted by atomic mass is 79.9. The first-order valence-electron chi connectivity index (χ1n) is 6.49. The van der Waals surface area contributed by atoms with Gasteiger partial charge in [-0.25, -0.2) is 0 Å². The maximum absolute atomic E-state index is 12.1. The minimum atomic E-state index is -0.0596. The maximum Gasteiger partial charge on any atom is 0.251 e. The van der Waals surface area contributed by atoms with Crippen molar-refractivity contribution in [1.82, 2.24) is 5.32 Å². The molecule has 2 aromatic rings. The zero-order valence-corrected chi connectivity index (χ0v) is 12.4. The smallest absolute Gasteiger partial charge is 0.251 e. The van der Waals surface area contributed by atoms with Crippen molar-refractivity contribution in [1.29, 1.82) is 0 Å². The van der Waals surface area contributed by atoms with Gasteiger partial charge in [0.2, 0.25) is 0 Å². The molecule has 1 N–H and O–H groups in total. The molecule has 1 amide bonds. The predicted molar refractivity (Wildman–Crippen MR) is 81.2 cm³/mol. The molecule has 0 aromatic heterocycles. The van der Waals surface area contributed by atoms with Crippen LogP contribution in [0.2, 0.25) is 0 Å².